The van der Waals surface area contributed by atoms with Crippen molar-refractivity contribution in [2.75, 3.05) is 0 Å². The Bertz CT molecular complexity index is 759. The zero-order valence-electron chi connectivity index (χ0n) is 10.5. The maximum absolute atomic E-state index is 13.8. The molecule has 0 fully saturated rings. The minimum atomic E-state index is -1.04. The van der Waals surface area contributed by atoms with Crippen molar-refractivity contribution in [3.05, 3.63) is 70.4 Å². The van der Waals surface area contributed by atoms with Gasteiger partial charge in [0.25, 0.3) is 0 Å². The fourth-order valence-electron chi connectivity index (χ4n) is 2.15. The maximum atomic E-state index is 13.8. The van der Waals surface area contributed by atoms with E-state index in [0.29, 0.717) is 12.0 Å². The first-order chi connectivity index (χ1) is 9.63. The van der Waals surface area contributed by atoms with Gasteiger partial charge in [0, 0.05) is 16.0 Å². The molecule has 0 saturated carbocycles. The van der Waals surface area contributed by atoms with E-state index in [9.17, 15) is 9.18 Å². The highest BCUT2D eigenvalue weighted by atomic mass is 32.1. The lowest BCUT2D eigenvalue weighted by Crippen LogP contribution is -1.99. The third kappa shape index (κ3) is 2.42. The Labute approximate surface area is 119 Å². The zero-order valence-corrected chi connectivity index (χ0v) is 11.3. The van der Waals surface area contributed by atoms with E-state index in [-0.39, 0.29) is 11.4 Å². The molecule has 0 saturated heterocycles. The van der Waals surface area contributed by atoms with Crippen LogP contribution >= 0.6 is 11.3 Å². The van der Waals surface area contributed by atoms with Gasteiger partial charge in [-0.1, -0.05) is 18.2 Å². The number of thiophene rings is 1. The molecule has 0 unspecified atom stereocenters. The fraction of sp³-hybridized carbons (Fsp3) is 0.0625. The third-order valence-corrected chi connectivity index (χ3v) is 4.25. The Hall–Kier alpha value is -2.20. The summed E-state index contributed by atoms with van der Waals surface area (Å²) in [5, 5.41) is 10.1. The van der Waals surface area contributed by atoms with Crippen molar-refractivity contribution < 1.29 is 14.3 Å². The van der Waals surface area contributed by atoms with Crippen molar-refractivity contribution in [3.63, 3.8) is 0 Å². The number of carbonyl (C=O) groups is 1. The van der Waals surface area contributed by atoms with E-state index in [2.05, 4.69) is 0 Å². The summed E-state index contributed by atoms with van der Waals surface area (Å²) in [6, 6.07) is 13.9. The van der Waals surface area contributed by atoms with Gasteiger partial charge in [0.2, 0.25) is 0 Å². The largest absolute Gasteiger partial charge is 0.478 e. The molecular weight excluding hydrogens is 275 g/mol. The van der Waals surface area contributed by atoms with Crippen LogP contribution in [-0.2, 0) is 6.42 Å². The van der Waals surface area contributed by atoms with Crippen molar-refractivity contribution in [1.29, 1.82) is 0 Å². The highest BCUT2D eigenvalue weighted by Gasteiger charge is 2.10. The van der Waals surface area contributed by atoms with E-state index in [4.69, 9.17) is 5.11 Å². The van der Waals surface area contributed by atoms with Crippen LogP contribution in [0.4, 0.5) is 4.39 Å². The summed E-state index contributed by atoms with van der Waals surface area (Å²) in [6.45, 7) is 0. The van der Waals surface area contributed by atoms with Crippen LogP contribution in [0.1, 0.15) is 20.8 Å². The highest BCUT2D eigenvalue weighted by molar-refractivity contribution is 7.19. The van der Waals surface area contributed by atoms with Gasteiger partial charge in [-0.25, -0.2) is 9.18 Å². The van der Waals surface area contributed by atoms with Crippen LogP contribution in [0.5, 0.6) is 0 Å². The monoisotopic (exact) mass is 286 g/mol. The molecular formula is C16H11FO2S. The molecule has 0 aliphatic heterocycles. The fourth-order valence-corrected chi connectivity index (χ4v) is 3.24. The van der Waals surface area contributed by atoms with Crippen LogP contribution in [0.15, 0.2) is 48.5 Å². The second-order valence-corrected chi connectivity index (χ2v) is 5.71. The molecule has 0 radical (unpaired) electrons. The van der Waals surface area contributed by atoms with E-state index in [1.165, 1.54) is 18.2 Å². The zero-order chi connectivity index (χ0) is 14.1. The lowest BCUT2D eigenvalue weighted by molar-refractivity contribution is 0.0696. The lowest BCUT2D eigenvalue weighted by Gasteiger charge is -2.03. The lowest BCUT2D eigenvalue weighted by atomic mass is 10.1. The molecule has 3 aromatic rings. The summed E-state index contributed by atoms with van der Waals surface area (Å²) in [5.41, 5.74) is 0.527. The molecule has 0 amide bonds. The minimum absolute atomic E-state index is 0.113. The van der Waals surface area contributed by atoms with Crippen LogP contribution in [-0.4, -0.2) is 11.1 Å². The molecule has 1 aromatic heterocycles. The average Bonchev–Trinajstić information content (AvgIpc) is 2.83. The predicted octanol–water partition coefficient (Wildman–Crippen LogP) is 4.33. The van der Waals surface area contributed by atoms with Crippen molar-refractivity contribution in [3.8, 4) is 0 Å². The van der Waals surface area contributed by atoms with Gasteiger partial charge in [-0.05, 0) is 41.3 Å². The molecule has 2 aromatic carbocycles. The number of carboxylic acids is 1. The number of hydrogen-bond donors (Lipinski definition) is 1. The summed E-state index contributed by atoms with van der Waals surface area (Å²) in [7, 11) is 0. The number of hydrogen-bond acceptors (Lipinski definition) is 2. The third-order valence-electron chi connectivity index (χ3n) is 3.13. The molecule has 100 valence electrons. The molecule has 1 N–H and O–H groups in total. The van der Waals surface area contributed by atoms with Gasteiger partial charge < -0.3 is 5.11 Å². The standard InChI is InChI=1S/C16H11FO2S/c17-14-6-5-11(16(18)19)7-12(14)9-13-8-10-3-1-2-4-15(10)20-13/h1-8H,9H2,(H,18,19). The van der Waals surface area contributed by atoms with E-state index in [1.54, 1.807) is 11.3 Å². The predicted molar refractivity (Wildman–Crippen MR) is 78.0 cm³/mol. The summed E-state index contributed by atoms with van der Waals surface area (Å²) < 4.78 is 14.9. The van der Waals surface area contributed by atoms with Gasteiger partial charge in [0.15, 0.2) is 0 Å². The summed E-state index contributed by atoms with van der Waals surface area (Å²) in [5.74, 6) is -1.41. The van der Waals surface area contributed by atoms with Crippen molar-refractivity contribution in [2.24, 2.45) is 0 Å². The van der Waals surface area contributed by atoms with Gasteiger partial charge in [0.05, 0.1) is 5.56 Å². The first-order valence-electron chi connectivity index (χ1n) is 6.12. The van der Waals surface area contributed by atoms with Gasteiger partial charge >= 0.3 is 5.97 Å². The quantitative estimate of drug-likeness (QED) is 0.778. The Morgan fingerprint density at radius 1 is 1.15 bits per heavy atom. The highest BCUT2D eigenvalue weighted by Crippen LogP contribution is 2.28. The number of carboxylic acid groups (broad SMARTS) is 1. The van der Waals surface area contributed by atoms with Gasteiger partial charge in [-0.3, -0.25) is 0 Å². The van der Waals surface area contributed by atoms with E-state index in [0.717, 1.165) is 15.0 Å². The van der Waals surface area contributed by atoms with Gasteiger partial charge in [-0.15, -0.1) is 11.3 Å². The second kappa shape index (κ2) is 5.06. The molecule has 0 bridgehead atoms. The Balaban J connectivity index is 1.97. The molecule has 0 aliphatic rings. The molecule has 0 atom stereocenters. The molecule has 4 heteroatoms. The maximum Gasteiger partial charge on any atom is 0.335 e. The van der Waals surface area contributed by atoms with E-state index in [1.807, 2.05) is 30.3 Å². The van der Waals surface area contributed by atoms with Crippen molar-refractivity contribution in [2.45, 2.75) is 6.42 Å². The van der Waals surface area contributed by atoms with Crippen molar-refractivity contribution in [1.82, 2.24) is 0 Å². The number of fused-ring (bicyclic) bond motifs is 1. The van der Waals surface area contributed by atoms with Crippen LogP contribution in [0.2, 0.25) is 0 Å². The van der Waals surface area contributed by atoms with Gasteiger partial charge in [-0.2, -0.15) is 0 Å². The first kappa shape index (κ1) is 12.8. The molecule has 3 rings (SSSR count). The SMILES string of the molecule is O=C(O)c1ccc(F)c(Cc2cc3ccccc3s2)c1. The van der Waals surface area contributed by atoms with Gasteiger partial charge in [0.1, 0.15) is 5.82 Å². The number of rotatable bonds is 3. The number of aromatic carboxylic acids is 1. The minimum Gasteiger partial charge on any atom is -0.478 e. The summed E-state index contributed by atoms with van der Waals surface area (Å²) >= 11 is 1.60. The number of halogens is 1. The number of benzene rings is 2. The second-order valence-electron chi connectivity index (χ2n) is 4.54. The average molecular weight is 286 g/mol. The van der Waals surface area contributed by atoms with Crippen LogP contribution in [0.25, 0.3) is 10.1 Å². The van der Waals surface area contributed by atoms with Crippen LogP contribution in [0, 0.1) is 5.82 Å². The van der Waals surface area contributed by atoms with Crippen molar-refractivity contribution >= 4 is 27.4 Å². The van der Waals surface area contributed by atoms with E-state index >= 15 is 0 Å². The first-order valence-corrected chi connectivity index (χ1v) is 6.94. The Kier molecular flexibility index (Phi) is 3.24. The Morgan fingerprint density at radius 3 is 2.70 bits per heavy atom. The normalized spacial score (nSPS) is 10.8. The summed E-state index contributed by atoms with van der Waals surface area (Å²) in [6.07, 6.45) is 0.409. The molecule has 0 spiro atoms. The topological polar surface area (TPSA) is 37.3 Å². The molecule has 20 heavy (non-hydrogen) atoms. The molecule has 1 heterocycles. The van der Waals surface area contributed by atoms with E-state index < -0.39 is 5.97 Å². The molecule has 2 nitrogen and oxygen atoms in total. The smallest absolute Gasteiger partial charge is 0.335 e. The Morgan fingerprint density at radius 2 is 1.95 bits per heavy atom. The van der Waals surface area contributed by atoms with Crippen LogP contribution < -0.4 is 0 Å². The molecule has 0 aliphatic carbocycles. The van der Waals surface area contributed by atoms with Crippen LogP contribution in [0.3, 0.4) is 0 Å². The summed E-state index contributed by atoms with van der Waals surface area (Å²) in [4.78, 5) is 12.0.